The molecule has 1 saturated carbocycles. The SMILES string of the molecule is CCN(C(=O)c1cc(F)ccc1Oc1cncnc1N1CC2(CC(Oc3ccnc4c3CN(CCCCCN(C)C(=O)OC(C)(C)C)CC4)C2)C1)C(C)C. The number of carbonyl (C=O) groups excluding carboxylic acids is 2. The van der Waals surface area contributed by atoms with E-state index in [-0.39, 0.29) is 40.9 Å². The first-order valence-corrected chi connectivity index (χ1v) is 19.4. The van der Waals surface area contributed by atoms with Crippen molar-refractivity contribution < 1.29 is 28.2 Å². The average Bonchev–Trinajstić information content (AvgIpc) is 3.09. The van der Waals surface area contributed by atoms with Gasteiger partial charge in [-0.2, -0.15) is 0 Å². The van der Waals surface area contributed by atoms with Crippen molar-refractivity contribution in [2.24, 2.45) is 5.41 Å². The molecule has 12 nitrogen and oxygen atoms in total. The van der Waals surface area contributed by atoms with Gasteiger partial charge in [-0.3, -0.25) is 14.7 Å². The normalized spacial score (nSPS) is 16.7. The van der Waals surface area contributed by atoms with Crippen LogP contribution < -0.4 is 14.4 Å². The number of pyridine rings is 1. The zero-order valence-electron chi connectivity index (χ0n) is 32.9. The zero-order chi connectivity index (χ0) is 38.6. The van der Waals surface area contributed by atoms with E-state index in [2.05, 4.69) is 24.8 Å². The first-order valence-electron chi connectivity index (χ1n) is 19.4. The van der Waals surface area contributed by atoms with E-state index in [1.165, 1.54) is 30.1 Å². The van der Waals surface area contributed by atoms with Gasteiger partial charge >= 0.3 is 6.09 Å². The van der Waals surface area contributed by atoms with Gasteiger partial charge in [-0.15, -0.1) is 0 Å². The Morgan fingerprint density at radius 2 is 1.83 bits per heavy atom. The van der Waals surface area contributed by atoms with Gasteiger partial charge in [0.25, 0.3) is 5.91 Å². The number of carbonyl (C=O) groups is 2. The number of hydrogen-bond donors (Lipinski definition) is 0. The van der Waals surface area contributed by atoms with Crippen molar-refractivity contribution in [2.45, 2.75) is 104 Å². The molecule has 2 fully saturated rings. The second kappa shape index (κ2) is 16.5. The minimum absolute atomic E-state index is 0.0473. The Morgan fingerprint density at radius 3 is 2.56 bits per heavy atom. The van der Waals surface area contributed by atoms with Gasteiger partial charge in [0.15, 0.2) is 11.6 Å². The smallest absolute Gasteiger partial charge is 0.410 e. The summed E-state index contributed by atoms with van der Waals surface area (Å²) in [5.74, 6) is 1.50. The van der Waals surface area contributed by atoms with Crippen molar-refractivity contribution in [1.82, 2.24) is 29.7 Å². The summed E-state index contributed by atoms with van der Waals surface area (Å²) in [6.45, 7) is 17.0. The van der Waals surface area contributed by atoms with E-state index in [4.69, 9.17) is 14.2 Å². The van der Waals surface area contributed by atoms with Gasteiger partial charge in [0.05, 0.1) is 11.8 Å². The van der Waals surface area contributed by atoms with E-state index >= 15 is 0 Å². The maximum atomic E-state index is 14.3. The highest BCUT2D eigenvalue weighted by molar-refractivity contribution is 5.97. The molecule has 292 valence electrons. The topological polar surface area (TPSA) is 113 Å². The van der Waals surface area contributed by atoms with E-state index in [0.29, 0.717) is 24.7 Å². The van der Waals surface area contributed by atoms with Crippen LogP contribution in [-0.4, -0.2) is 106 Å². The quantitative estimate of drug-likeness (QED) is 0.158. The molecule has 1 saturated heterocycles. The van der Waals surface area contributed by atoms with Gasteiger partial charge in [0.2, 0.25) is 0 Å². The summed E-state index contributed by atoms with van der Waals surface area (Å²) in [6, 6.07) is 5.98. The van der Waals surface area contributed by atoms with Crippen LogP contribution in [0, 0.1) is 11.2 Å². The highest BCUT2D eigenvalue weighted by Gasteiger charge is 2.54. The summed E-state index contributed by atoms with van der Waals surface area (Å²) in [5.41, 5.74) is 2.14. The summed E-state index contributed by atoms with van der Waals surface area (Å²) in [4.78, 5) is 47.1. The fraction of sp³-hybridized carbons (Fsp3) is 0.585. The molecule has 3 aliphatic rings. The first-order chi connectivity index (χ1) is 25.7. The molecule has 54 heavy (non-hydrogen) atoms. The Morgan fingerprint density at radius 1 is 1.06 bits per heavy atom. The Balaban J connectivity index is 0.993. The first kappa shape index (κ1) is 39.2. The third kappa shape index (κ3) is 9.22. The van der Waals surface area contributed by atoms with Crippen LogP contribution in [-0.2, 0) is 17.7 Å². The molecule has 0 atom stereocenters. The van der Waals surface area contributed by atoms with Crippen LogP contribution in [0.5, 0.6) is 17.2 Å². The molecule has 0 bridgehead atoms. The third-order valence-corrected chi connectivity index (χ3v) is 10.6. The van der Waals surface area contributed by atoms with E-state index in [0.717, 1.165) is 82.7 Å². The van der Waals surface area contributed by atoms with Crippen LogP contribution >= 0.6 is 0 Å². The largest absolute Gasteiger partial charge is 0.490 e. The van der Waals surface area contributed by atoms with Gasteiger partial charge in [-0.25, -0.2) is 19.2 Å². The molecule has 0 radical (unpaired) electrons. The van der Waals surface area contributed by atoms with Gasteiger partial charge in [-0.05, 0) is 98.0 Å². The lowest BCUT2D eigenvalue weighted by molar-refractivity contribution is -0.0352. The lowest BCUT2D eigenvalue weighted by Crippen LogP contribution is -2.65. The van der Waals surface area contributed by atoms with E-state index < -0.39 is 11.4 Å². The Bertz CT molecular complexity index is 1790. The van der Waals surface area contributed by atoms with Crippen LogP contribution in [0.2, 0.25) is 0 Å². The molecule has 6 rings (SSSR count). The van der Waals surface area contributed by atoms with E-state index in [1.54, 1.807) is 23.0 Å². The van der Waals surface area contributed by atoms with Crippen molar-refractivity contribution in [2.75, 3.05) is 51.2 Å². The van der Waals surface area contributed by atoms with Crippen molar-refractivity contribution in [3.8, 4) is 17.2 Å². The second-order valence-corrected chi connectivity index (χ2v) is 16.4. The number of unbranched alkanes of at least 4 members (excludes halogenated alkanes) is 2. The molecule has 2 amide bonds. The second-order valence-electron chi connectivity index (χ2n) is 16.4. The van der Waals surface area contributed by atoms with Crippen LogP contribution in [0.3, 0.4) is 0 Å². The molecule has 1 aromatic carbocycles. The highest BCUT2D eigenvalue weighted by atomic mass is 19.1. The maximum absolute atomic E-state index is 14.3. The Hall–Kier alpha value is -4.52. The Kier molecular flexibility index (Phi) is 11.9. The maximum Gasteiger partial charge on any atom is 0.410 e. The van der Waals surface area contributed by atoms with Crippen LogP contribution in [0.1, 0.15) is 95.3 Å². The summed E-state index contributed by atoms with van der Waals surface area (Å²) in [7, 11) is 1.80. The zero-order valence-corrected chi connectivity index (χ0v) is 32.9. The number of anilines is 1. The van der Waals surface area contributed by atoms with Gasteiger partial charge in [-0.1, -0.05) is 6.42 Å². The van der Waals surface area contributed by atoms with E-state index in [9.17, 15) is 14.0 Å². The lowest BCUT2D eigenvalue weighted by Gasteiger charge is -2.59. The fourth-order valence-corrected chi connectivity index (χ4v) is 7.80. The summed E-state index contributed by atoms with van der Waals surface area (Å²) >= 11 is 0. The molecule has 3 aromatic rings. The average molecular weight is 746 g/mol. The van der Waals surface area contributed by atoms with Crippen LogP contribution in [0.25, 0.3) is 0 Å². The molecular formula is C41H56FN7O5. The number of amides is 2. The number of ether oxygens (including phenoxy) is 3. The standard InChI is InChI=1S/C41H56FN7O5/c1-8-49(28(2)3)38(50)31-20-29(42)12-13-34(31)53-36-23-43-27-45-37(36)48-25-41(26-48)21-30(22-41)52-35-14-16-44-33-15-19-47(24-32(33)35)18-11-9-10-17-46(7)39(51)54-40(4,5)6/h12-14,16,20,23,27-28,30H,8-11,15,17-19,21-22,24-26H2,1-7H3. The summed E-state index contributed by atoms with van der Waals surface area (Å²) < 4.78 is 32.7. The predicted molar refractivity (Wildman–Crippen MR) is 205 cm³/mol. The molecule has 0 N–H and O–H groups in total. The predicted octanol–water partition coefficient (Wildman–Crippen LogP) is 7.12. The third-order valence-electron chi connectivity index (χ3n) is 10.6. The van der Waals surface area contributed by atoms with Crippen molar-refractivity contribution >= 4 is 17.8 Å². The minimum atomic E-state index is -0.500. The number of aromatic nitrogens is 3. The molecule has 2 aliphatic heterocycles. The minimum Gasteiger partial charge on any atom is -0.490 e. The summed E-state index contributed by atoms with van der Waals surface area (Å²) in [6.07, 6.45) is 10.7. The van der Waals surface area contributed by atoms with E-state index in [1.807, 2.05) is 53.8 Å². The molecule has 4 heterocycles. The number of hydrogen-bond acceptors (Lipinski definition) is 10. The number of halogens is 1. The Labute approximate surface area is 319 Å². The van der Waals surface area contributed by atoms with Gasteiger partial charge < -0.3 is 28.9 Å². The monoisotopic (exact) mass is 745 g/mol. The van der Waals surface area contributed by atoms with Crippen LogP contribution in [0.4, 0.5) is 15.0 Å². The molecule has 1 aliphatic carbocycles. The van der Waals surface area contributed by atoms with Gasteiger partial charge in [0, 0.05) is 81.6 Å². The molecule has 2 aromatic heterocycles. The highest BCUT2D eigenvalue weighted by Crippen LogP contribution is 2.52. The molecule has 1 spiro atoms. The number of nitrogens with zero attached hydrogens (tertiary/aromatic N) is 7. The van der Waals surface area contributed by atoms with Gasteiger partial charge in [0.1, 0.15) is 35.3 Å². The van der Waals surface area contributed by atoms with Crippen molar-refractivity contribution in [3.05, 3.63) is 65.6 Å². The molecular weight excluding hydrogens is 689 g/mol. The van der Waals surface area contributed by atoms with Crippen molar-refractivity contribution in [3.63, 3.8) is 0 Å². The van der Waals surface area contributed by atoms with Crippen molar-refractivity contribution in [1.29, 1.82) is 0 Å². The van der Waals surface area contributed by atoms with Crippen LogP contribution in [0.15, 0.2) is 43.0 Å². The molecule has 0 unspecified atom stereocenters. The number of benzene rings is 1. The molecule has 13 heteroatoms. The fourth-order valence-electron chi connectivity index (χ4n) is 7.80. The lowest BCUT2D eigenvalue weighted by atomic mass is 9.61. The number of fused-ring (bicyclic) bond motifs is 1. The summed E-state index contributed by atoms with van der Waals surface area (Å²) in [5, 5.41) is 0. The number of rotatable bonds is 14.